The molecular formula is C11H14O3. The Balaban J connectivity index is 2.12. The smallest absolute Gasteiger partial charge is 0.120 e. The van der Waals surface area contributed by atoms with Crippen molar-refractivity contribution in [2.24, 2.45) is 0 Å². The molecule has 2 atom stereocenters. The lowest BCUT2D eigenvalue weighted by atomic mass is 10.0. The topological polar surface area (TPSA) is 42.0 Å². The third-order valence-corrected chi connectivity index (χ3v) is 2.62. The van der Waals surface area contributed by atoms with Gasteiger partial charge in [-0.05, 0) is 24.6 Å². The molecule has 2 rings (SSSR count). The fourth-order valence-corrected chi connectivity index (χ4v) is 1.55. The van der Waals surface area contributed by atoms with Gasteiger partial charge in [-0.3, -0.25) is 0 Å². The first kappa shape index (κ1) is 9.49. The molecule has 1 aromatic rings. The van der Waals surface area contributed by atoms with Gasteiger partial charge in [0.1, 0.15) is 17.5 Å². The number of ether oxygens (including phenoxy) is 2. The molecule has 1 heterocycles. The molecular weight excluding hydrogens is 180 g/mol. The highest BCUT2D eigenvalue weighted by Gasteiger charge is 2.52. The Labute approximate surface area is 83.3 Å². The van der Waals surface area contributed by atoms with E-state index in [1.807, 2.05) is 31.2 Å². The molecule has 3 heteroatoms. The Bertz CT molecular complexity index is 320. The normalized spacial score (nSPS) is 30.1. The van der Waals surface area contributed by atoms with E-state index in [0.29, 0.717) is 0 Å². The fraction of sp³-hybridized carbons (Fsp3) is 0.455. The summed E-state index contributed by atoms with van der Waals surface area (Å²) in [7, 11) is 1.64. The van der Waals surface area contributed by atoms with Gasteiger partial charge in [-0.2, -0.15) is 0 Å². The Kier molecular flexibility index (Phi) is 2.21. The molecule has 0 radical (unpaired) electrons. The number of epoxide rings is 1. The average Bonchev–Trinajstić information content (AvgIpc) is 2.92. The molecule has 14 heavy (non-hydrogen) atoms. The summed E-state index contributed by atoms with van der Waals surface area (Å²) in [5.41, 5.74) is 0.705. The van der Waals surface area contributed by atoms with Crippen LogP contribution in [0.5, 0.6) is 5.75 Å². The van der Waals surface area contributed by atoms with Gasteiger partial charge in [-0.15, -0.1) is 0 Å². The van der Waals surface area contributed by atoms with E-state index in [1.165, 1.54) is 0 Å². The zero-order valence-corrected chi connectivity index (χ0v) is 8.36. The van der Waals surface area contributed by atoms with Gasteiger partial charge >= 0.3 is 0 Å². The van der Waals surface area contributed by atoms with Gasteiger partial charge in [0.25, 0.3) is 0 Å². The van der Waals surface area contributed by atoms with Crippen LogP contribution in [0, 0.1) is 0 Å². The van der Waals surface area contributed by atoms with Gasteiger partial charge in [0, 0.05) is 0 Å². The van der Waals surface area contributed by atoms with Crippen LogP contribution in [0.3, 0.4) is 0 Å². The van der Waals surface area contributed by atoms with Crippen molar-refractivity contribution in [1.29, 1.82) is 0 Å². The average molecular weight is 194 g/mol. The molecule has 1 aliphatic rings. The van der Waals surface area contributed by atoms with E-state index in [4.69, 9.17) is 14.6 Å². The van der Waals surface area contributed by atoms with Crippen LogP contribution in [0.25, 0.3) is 0 Å². The lowest BCUT2D eigenvalue weighted by Gasteiger charge is -2.02. The van der Waals surface area contributed by atoms with E-state index >= 15 is 0 Å². The molecule has 0 aliphatic carbocycles. The van der Waals surface area contributed by atoms with E-state index in [2.05, 4.69) is 0 Å². The first-order valence-electron chi connectivity index (χ1n) is 4.62. The summed E-state index contributed by atoms with van der Waals surface area (Å²) in [6.07, 6.45) is 0.0263. The van der Waals surface area contributed by atoms with Crippen molar-refractivity contribution in [1.82, 2.24) is 0 Å². The molecule has 3 nitrogen and oxygen atoms in total. The van der Waals surface area contributed by atoms with Crippen LogP contribution >= 0.6 is 0 Å². The van der Waals surface area contributed by atoms with Crippen molar-refractivity contribution < 1.29 is 14.6 Å². The summed E-state index contributed by atoms with van der Waals surface area (Å²) in [5.74, 6) is 0.833. The molecule has 1 N–H and O–H groups in total. The number of hydrogen-bond acceptors (Lipinski definition) is 3. The molecule has 1 aliphatic heterocycles. The summed E-state index contributed by atoms with van der Waals surface area (Å²) in [6.45, 7) is 1.96. The zero-order valence-electron chi connectivity index (χ0n) is 8.36. The van der Waals surface area contributed by atoms with Gasteiger partial charge < -0.3 is 14.6 Å². The Hall–Kier alpha value is -1.06. The SMILES string of the molecule is COc1ccc([C@H]2O[C@]2(C)CO)cc1. The van der Waals surface area contributed by atoms with E-state index in [-0.39, 0.29) is 18.3 Å². The van der Waals surface area contributed by atoms with Crippen LogP contribution in [-0.4, -0.2) is 24.4 Å². The zero-order chi connectivity index (χ0) is 10.2. The molecule has 0 saturated carbocycles. The number of aliphatic hydroxyl groups excluding tert-OH is 1. The van der Waals surface area contributed by atoms with Crippen molar-refractivity contribution in [3.8, 4) is 5.75 Å². The first-order chi connectivity index (χ1) is 6.69. The van der Waals surface area contributed by atoms with Crippen molar-refractivity contribution in [3.05, 3.63) is 29.8 Å². The van der Waals surface area contributed by atoms with Crippen molar-refractivity contribution in [2.45, 2.75) is 18.6 Å². The molecule has 76 valence electrons. The lowest BCUT2D eigenvalue weighted by molar-refractivity contribution is 0.184. The monoisotopic (exact) mass is 194 g/mol. The Morgan fingerprint density at radius 3 is 2.50 bits per heavy atom. The summed E-state index contributed by atoms with van der Waals surface area (Å²) < 4.78 is 10.5. The highest BCUT2D eigenvalue weighted by Crippen LogP contribution is 2.48. The third kappa shape index (κ3) is 1.49. The van der Waals surface area contributed by atoms with Crippen molar-refractivity contribution in [3.63, 3.8) is 0 Å². The van der Waals surface area contributed by atoms with Gasteiger partial charge in [0.2, 0.25) is 0 Å². The first-order valence-corrected chi connectivity index (χ1v) is 4.62. The molecule has 0 spiro atoms. The fourth-order valence-electron chi connectivity index (χ4n) is 1.55. The minimum atomic E-state index is -0.380. The molecule has 0 bridgehead atoms. The van der Waals surface area contributed by atoms with Crippen LogP contribution in [0.4, 0.5) is 0 Å². The standard InChI is InChI=1S/C11H14O3/c1-11(7-12)10(14-11)8-3-5-9(13-2)6-4-8/h3-6,10,12H,7H2,1-2H3/t10-,11-/m1/s1. The van der Waals surface area contributed by atoms with Crippen LogP contribution in [-0.2, 0) is 4.74 Å². The number of methoxy groups -OCH3 is 1. The molecule has 0 aromatic heterocycles. The van der Waals surface area contributed by atoms with E-state index < -0.39 is 0 Å². The largest absolute Gasteiger partial charge is 0.497 e. The van der Waals surface area contributed by atoms with Crippen molar-refractivity contribution in [2.75, 3.05) is 13.7 Å². The third-order valence-electron chi connectivity index (χ3n) is 2.62. The molecule has 0 amide bonds. The van der Waals surface area contributed by atoms with Crippen LogP contribution < -0.4 is 4.74 Å². The maximum atomic E-state index is 9.05. The molecule has 1 fully saturated rings. The number of aliphatic hydroxyl groups is 1. The van der Waals surface area contributed by atoms with Gasteiger partial charge in [-0.1, -0.05) is 12.1 Å². The second-order valence-corrected chi connectivity index (χ2v) is 3.74. The number of hydrogen-bond donors (Lipinski definition) is 1. The molecule has 1 saturated heterocycles. The van der Waals surface area contributed by atoms with E-state index in [9.17, 15) is 0 Å². The minimum absolute atomic E-state index is 0.0263. The second-order valence-electron chi connectivity index (χ2n) is 3.74. The lowest BCUT2D eigenvalue weighted by Crippen LogP contribution is -2.11. The maximum Gasteiger partial charge on any atom is 0.120 e. The number of benzene rings is 1. The van der Waals surface area contributed by atoms with E-state index in [0.717, 1.165) is 11.3 Å². The number of rotatable bonds is 3. The summed E-state index contributed by atoms with van der Waals surface area (Å²) in [6, 6.07) is 7.72. The van der Waals surface area contributed by atoms with Gasteiger partial charge in [0.15, 0.2) is 0 Å². The van der Waals surface area contributed by atoms with Crippen LogP contribution in [0.15, 0.2) is 24.3 Å². The maximum absolute atomic E-state index is 9.05. The molecule has 0 unspecified atom stereocenters. The predicted octanol–water partition coefficient (Wildman–Crippen LogP) is 1.52. The second kappa shape index (κ2) is 3.26. The van der Waals surface area contributed by atoms with Gasteiger partial charge in [0.05, 0.1) is 13.7 Å². The summed E-state index contributed by atoms with van der Waals surface area (Å²) in [5, 5.41) is 9.05. The van der Waals surface area contributed by atoms with Gasteiger partial charge in [-0.25, -0.2) is 0 Å². The van der Waals surface area contributed by atoms with E-state index in [1.54, 1.807) is 7.11 Å². The Morgan fingerprint density at radius 2 is 2.07 bits per heavy atom. The molecule has 1 aromatic carbocycles. The highest BCUT2D eigenvalue weighted by atomic mass is 16.6. The summed E-state index contributed by atoms with van der Waals surface area (Å²) >= 11 is 0. The van der Waals surface area contributed by atoms with Crippen molar-refractivity contribution >= 4 is 0 Å². The predicted molar refractivity (Wildman–Crippen MR) is 52.3 cm³/mol. The quantitative estimate of drug-likeness (QED) is 0.742. The highest BCUT2D eigenvalue weighted by molar-refractivity contribution is 5.32. The minimum Gasteiger partial charge on any atom is -0.497 e. The summed E-state index contributed by atoms with van der Waals surface area (Å²) in [4.78, 5) is 0. The van der Waals surface area contributed by atoms with Crippen LogP contribution in [0.2, 0.25) is 0 Å². The van der Waals surface area contributed by atoms with Crippen LogP contribution in [0.1, 0.15) is 18.6 Å². The Morgan fingerprint density at radius 1 is 1.43 bits per heavy atom.